The van der Waals surface area contributed by atoms with E-state index in [1.807, 2.05) is 18.2 Å². The van der Waals surface area contributed by atoms with E-state index in [0.717, 1.165) is 10.2 Å². The normalized spacial score (nSPS) is 11.5. The molecule has 72 valence electrons. The Morgan fingerprint density at radius 1 is 1.31 bits per heavy atom. The average Bonchev–Trinajstić information content (AvgIpc) is 1.93. The predicted molar refractivity (Wildman–Crippen MR) is 63.1 cm³/mol. The topological polar surface area (TPSA) is 9.23 Å². The van der Waals surface area contributed by atoms with Crippen molar-refractivity contribution in [1.29, 1.82) is 0 Å². The minimum Gasteiger partial charge on any atom is -0.543 e. The molecule has 1 aromatic carbocycles. The maximum atomic E-state index is 6.00. The second kappa shape index (κ2) is 4.03. The lowest BCUT2D eigenvalue weighted by atomic mass is 10.3. The number of rotatable bonds is 2. The maximum Gasteiger partial charge on any atom is 0.242 e. The Morgan fingerprint density at radius 3 is 2.38 bits per heavy atom. The minimum absolute atomic E-state index is 0.664. The number of benzene rings is 1. The lowest BCUT2D eigenvalue weighted by molar-refractivity contribution is 0.558. The summed E-state index contributed by atoms with van der Waals surface area (Å²) >= 11 is 9.35. The van der Waals surface area contributed by atoms with E-state index in [2.05, 4.69) is 35.6 Å². The molecule has 0 N–H and O–H groups in total. The Morgan fingerprint density at radius 2 is 1.92 bits per heavy atom. The molecule has 0 bridgehead atoms. The van der Waals surface area contributed by atoms with Crippen molar-refractivity contribution in [3.8, 4) is 5.75 Å². The molecule has 0 aliphatic rings. The van der Waals surface area contributed by atoms with E-state index in [4.69, 9.17) is 16.0 Å². The second-order valence-electron chi connectivity index (χ2n) is 3.79. The summed E-state index contributed by atoms with van der Waals surface area (Å²) in [6.45, 7) is 6.39. The Balaban J connectivity index is 2.90. The monoisotopic (exact) mass is 278 g/mol. The molecule has 0 amide bonds. The van der Waals surface area contributed by atoms with Crippen LogP contribution in [0.1, 0.15) is 0 Å². The van der Waals surface area contributed by atoms with Crippen LogP contribution >= 0.6 is 27.5 Å². The standard InChI is InChI=1S/C9H12BrClOSi/c1-13(2,3)12-9-5-4-7(10)6-8(9)11/h4-6H,1-3H3. The zero-order chi connectivity index (χ0) is 10.1. The summed E-state index contributed by atoms with van der Waals surface area (Å²) in [5.41, 5.74) is 0. The molecule has 0 aliphatic carbocycles. The smallest absolute Gasteiger partial charge is 0.242 e. The molecular weight excluding hydrogens is 268 g/mol. The molecular formula is C9H12BrClOSi. The summed E-state index contributed by atoms with van der Waals surface area (Å²) in [5, 5.41) is 0.664. The number of hydrogen-bond acceptors (Lipinski definition) is 1. The predicted octanol–water partition coefficient (Wildman–Crippen LogP) is 4.32. The van der Waals surface area contributed by atoms with Crippen LogP contribution in [0.5, 0.6) is 5.75 Å². The third-order valence-corrected chi connectivity index (χ3v) is 2.93. The first-order chi connectivity index (χ1) is 5.88. The molecule has 0 heterocycles. The first-order valence-corrected chi connectivity index (χ1v) is 8.60. The fraction of sp³-hybridized carbons (Fsp3) is 0.333. The van der Waals surface area contributed by atoms with Gasteiger partial charge in [0.1, 0.15) is 5.75 Å². The van der Waals surface area contributed by atoms with E-state index >= 15 is 0 Å². The van der Waals surface area contributed by atoms with E-state index < -0.39 is 8.32 Å². The van der Waals surface area contributed by atoms with Gasteiger partial charge in [-0.3, -0.25) is 0 Å². The highest BCUT2D eigenvalue weighted by atomic mass is 79.9. The van der Waals surface area contributed by atoms with Gasteiger partial charge in [-0.25, -0.2) is 0 Å². The second-order valence-corrected chi connectivity index (χ2v) is 9.54. The van der Waals surface area contributed by atoms with Crippen LogP contribution in [0.2, 0.25) is 24.7 Å². The van der Waals surface area contributed by atoms with Gasteiger partial charge in [-0.2, -0.15) is 0 Å². The van der Waals surface area contributed by atoms with Crippen LogP contribution in [-0.2, 0) is 0 Å². The molecule has 1 aromatic rings. The Bertz CT molecular complexity index is 309. The van der Waals surface area contributed by atoms with Gasteiger partial charge < -0.3 is 4.43 Å². The molecule has 4 heteroatoms. The van der Waals surface area contributed by atoms with Gasteiger partial charge in [-0.1, -0.05) is 27.5 Å². The molecule has 0 spiro atoms. The molecule has 0 unspecified atom stereocenters. The molecule has 0 saturated heterocycles. The third kappa shape index (κ3) is 3.71. The highest BCUT2D eigenvalue weighted by molar-refractivity contribution is 9.10. The fourth-order valence-electron chi connectivity index (χ4n) is 0.888. The zero-order valence-corrected chi connectivity index (χ0v) is 11.2. The molecule has 0 fully saturated rings. The van der Waals surface area contributed by atoms with Crippen LogP contribution in [-0.4, -0.2) is 8.32 Å². The van der Waals surface area contributed by atoms with Crippen molar-refractivity contribution in [3.05, 3.63) is 27.7 Å². The first kappa shape index (κ1) is 11.1. The quantitative estimate of drug-likeness (QED) is 0.733. The molecule has 0 aliphatic heterocycles. The van der Waals surface area contributed by atoms with Crippen molar-refractivity contribution in [3.63, 3.8) is 0 Å². The maximum absolute atomic E-state index is 6.00. The lowest BCUT2D eigenvalue weighted by Crippen LogP contribution is -2.29. The summed E-state index contributed by atoms with van der Waals surface area (Å²) in [6.07, 6.45) is 0. The molecule has 13 heavy (non-hydrogen) atoms. The molecule has 0 radical (unpaired) electrons. The average molecular weight is 280 g/mol. The van der Waals surface area contributed by atoms with Crippen molar-refractivity contribution in [2.45, 2.75) is 19.6 Å². The van der Waals surface area contributed by atoms with Gasteiger partial charge in [0.25, 0.3) is 0 Å². The Kier molecular flexibility index (Phi) is 3.43. The third-order valence-electron chi connectivity index (χ3n) is 1.31. The Labute approximate surface area is 93.3 Å². The van der Waals surface area contributed by atoms with Crippen LogP contribution in [0.25, 0.3) is 0 Å². The fourth-order valence-corrected chi connectivity index (χ4v) is 2.50. The van der Waals surface area contributed by atoms with E-state index in [0.29, 0.717) is 5.02 Å². The summed E-state index contributed by atoms with van der Waals surface area (Å²) < 4.78 is 6.75. The first-order valence-electron chi connectivity index (χ1n) is 4.02. The summed E-state index contributed by atoms with van der Waals surface area (Å²) in [7, 11) is -1.55. The van der Waals surface area contributed by atoms with E-state index in [1.54, 1.807) is 0 Å². The van der Waals surface area contributed by atoms with Crippen molar-refractivity contribution in [2.24, 2.45) is 0 Å². The minimum atomic E-state index is -1.55. The highest BCUT2D eigenvalue weighted by Gasteiger charge is 2.17. The highest BCUT2D eigenvalue weighted by Crippen LogP contribution is 2.29. The van der Waals surface area contributed by atoms with E-state index in [-0.39, 0.29) is 0 Å². The van der Waals surface area contributed by atoms with Crippen LogP contribution in [0.15, 0.2) is 22.7 Å². The van der Waals surface area contributed by atoms with Crippen molar-refractivity contribution in [2.75, 3.05) is 0 Å². The van der Waals surface area contributed by atoms with Crippen molar-refractivity contribution >= 4 is 35.8 Å². The molecule has 0 aromatic heterocycles. The number of hydrogen-bond donors (Lipinski definition) is 0. The van der Waals surface area contributed by atoms with Gasteiger partial charge >= 0.3 is 0 Å². The van der Waals surface area contributed by atoms with Crippen LogP contribution in [0.4, 0.5) is 0 Å². The van der Waals surface area contributed by atoms with Gasteiger partial charge in [0.2, 0.25) is 8.32 Å². The summed E-state index contributed by atoms with van der Waals surface area (Å²) in [6, 6.07) is 5.67. The molecule has 0 saturated carbocycles. The van der Waals surface area contributed by atoms with Gasteiger partial charge in [0.05, 0.1) is 5.02 Å². The van der Waals surface area contributed by atoms with Crippen LogP contribution in [0, 0.1) is 0 Å². The molecule has 1 rings (SSSR count). The largest absolute Gasteiger partial charge is 0.543 e. The Hall–Kier alpha value is 0.00688. The van der Waals surface area contributed by atoms with Gasteiger partial charge in [0.15, 0.2) is 0 Å². The SMILES string of the molecule is C[Si](C)(C)Oc1ccc(Br)cc1Cl. The van der Waals surface area contributed by atoms with Gasteiger partial charge in [-0.05, 0) is 37.8 Å². The van der Waals surface area contributed by atoms with Gasteiger partial charge in [-0.15, -0.1) is 0 Å². The zero-order valence-electron chi connectivity index (χ0n) is 7.90. The van der Waals surface area contributed by atoms with Crippen molar-refractivity contribution in [1.82, 2.24) is 0 Å². The van der Waals surface area contributed by atoms with Crippen LogP contribution < -0.4 is 4.43 Å². The lowest BCUT2D eigenvalue weighted by Gasteiger charge is -2.20. The number of halogens is 2. The van der Waals surface area contributed by atoms with E-state index in [1.165, 1.54) is 0 Å². The summed E-state index contributed by atoms with van der Waals surface area (Å²) in [5.74, 6) is 0.782. The van der Waals surface area contributed by atoms with Crippen LogP contribution in [0.3, 0.4) is 0 Å². The molecule has 0 atom stereocenters. The molecule has 1 nitrogen and oxygen atoms in total. The van der Waals surface area contributed by atoms with Crippen molar-refractivity contribution < 1.29 is 4.43 Å². The van der Waals surface area contributed by atoms with Gasteiger partial charge in [0, 0.05) is 4.47 Å². The van der Waals surface area contributed by atoms with E-state index in [9.17, 15) is 0 Å². The summed E-state index contributed by atoms with van der Waals surface area (Å²) in [4.78, 5) is 0.